The second kappa shape index (κ2) is 9.82. The molecule has 2 heterocycles. The smallest absolute Gasteiger partial charge is 0.144 e. The number of nitrogens with two attached hydrogens (primary N) is 1. The highest BCUT2D eigenvalue weighted by Gasteiger charge is 2.22. The summed E-state index contributed by atoms with van der Waals surface area (Å²) in [5, 5.41) is 9.64. The first-order chi connectivity index (χ1) is 12.7. The van der Waals surface area contributed by atoms with Gasteiger partial charge in [0.05, 0.1) is 12.6 Å². The fourth-order valence-corrected chi connectivity index (χ4v) is 2.91. The van der Waals surface area contributed by atoms with Gasteiger partial charge in [0, 0.05) is 56.4 Å². The number of nitrogens with zero attached hydrogens (tertiary/aromatic N) is 5. The molecule has 1 aromatic rings. The van der Waals surface area contributed by atoms with Gasteiger partial charge in [-0.25, -0.2) is 4.99 Å². The monoisotopic (exact) mass is 357 g/mol. The highest BCUT2D eigenvalue weighted by Crippen LogP contribution is 2.22. The van der Waals surface area contributed by atoms with Crippen LogP contribution in [0, 0.1) is 0 Å². The molecule has 0 aliphatic carbocycles. The summed E-state index contributed by atoms with van der Waals surface area (Å²) in [6.07, 6.45) is 4.76. The summed E-state index contributed by atoms with van der Waals surface area (Å²) in [5.41, 5.74) is 8.61. The molecule has 3 rings (SSSR count). The molecular formula is C19H31N7. The highest BCUT2D eigenvalue weighted by atomic mass is 15.5. The van der Waals surface area contributed by atoms with Crippen LogP contribution in [-0.2, 0) is 0 Å². The lowest BCUT2D eigenvalue weighted by molar-refractivity contribution is 0.313. The second-order valence-electron chi connectivity index (χ2n) is 6.13. The molecule has 0 spiro atoms. The van der Waals surface area contributed by atoms with Crippen molar-refractivity contribution in [2.75, 3.05) is 50.5 Å². The van der Waals surface area contributed by atoms with Gasteiger partial charge in [-0.1, -0.05) is 13.8 Å². The van der Waals surface area contributed by atoms with E-state index in [9.17, 15) is 0 Å². The number of piperazine rings is 1. The molecule has 1 fully saturated rings. The lowest BCUT2D eigenvalue weighted by Crippen LogP contribution is -2.44. The Morgan fingerprint density at radius 3 is 2.38 bits per heavy atom. The standard InChI is InChI=1S/C17H25N7.C2H6/c1-22-7-9-24(10-8-22)16-5-3-15(4-6-16)21-17-14(11-19-13-18)12-20-23(17)2;1-2/h3-6,11-13,17,21H,7-10H2,1-2H3,(H2,18,19);1-2H3/b14-11-;. The molecule has 3 N–H and O–H groups in total. The quantitative estimate of drug-likeness (QED) is 0.637. The zero-order chi connectivity index (χ0) is 18.9. The molecule has 7 nitrogen and oxygen atoms in total. The van der Waals surface area contributed by atoms with E-state index in [1.807, 2.05) is 25.9 Å². The molecule has 7 heteroatoms. The third-order valence-corrected chi connectivity index (χ3v) is 4.43. The van der Waals surface area contributed by atoms with E-state index >= 15 is 0 Å². The van der Waals surface area contributed by atoms with E-state index in [2.05, 4.69) is 56.5 Å². The van der Waals surface area contributed by atoms with Crippen LogP contribution in [0.25, 0.3) is 0 Å². The van der Waals surface area contributed by atoms with Gasteiger partial charge in [0.25, 0.3) is 0 Å². The Hall–Kier alpha value is -2.54. The van der Waals surface area contributed by atoms with Gasteiger partial charge in [-0.2, -0.15) is 5.10 Å². The molecule has 0 radical (unpaired) electrons. The molecule has 0 saturated carbocycles. The number of anilines is 2. The first-order valence-corrected chi connectivity index (χ1v) is 9.18. The van der Waals surface area contributed by atoms with Crippen molar-refractivity contribution >= 4 is 23.9 Å². The summed E-state index contributed by atoms with van der Waals surface area (Å²) in [4.78, 5) is 8.77. The minimum absolute atomic E-state index is 0.0387. The summed E-state index contributed by atoms with van der Waals surface area (Å²) < 4.78 is 0. The fourth-order valence-electron chi connectivity index (χ4n) is 2.91. The third-order valence-electron chi connectivity index (χ3n) is 4.43. The molecular weight excluding hydrogens is 326 g/mol. The van der Waals surface area contributed by atoms with E-state index in [-0.39, 0.29) is 6.17 Å². The van der Waals surface area contributed by atoms with Crippen LogP contribution in [-0.4, -0.2) is 68.9 Å². The number of benzene rings is 1. The molecule has 2 aliphatic rings. The van der Waals surface area contributed by atoms with E-state index in [1.165, 1.54) is 12.0 Å². The molecule has 26 heavy (non-hydrogen) atoms. The first kappa shape index (κ1) is 19.8. The van der Waals surface area contributed by atoms with Gasteiger partial charge in [-0.15, -0.1) is 0 Å². The topological polar surface area (TPSA) is 72.5 Å². The maximum atomic E-state index is 5.31. The van der Waals surface area contributed by atoms with Crippen molar-refractivity contribution in [1.82, 2.24) is 9.91 Å². The number of aliphatic imine (C=N–C) groups is 1. The van der Waals surface area contributed by atoms with Crippen LogP contribution in [0.2, 0.25) is 0 Å². The van der Waals surface area contributed by atoms with Crippen molar-refractivity contribution in [2.24, 2.45) is 15.8 Å². The van der Waals surface area contributed by atoms with E-state index in [4.69, 9.17) is 5.73 Å². The molecule has 0 bridgehead atoms. The van der Waals surface area contributed by atoms with E-state index < -0.39 is 0 Å². The molecule has 142 valence electrons. The summed E-state index contributed by atoms with van der Waals surface area (Å²) in [6, 6.07) is 8.57. The lowest BCUT2D eigenvalue weighted by Gasteiger charge is -2.34. The zero-order valence-electron chi connectivity index (χ0n) is 16.3. The highest BCUT2D eigenvalue weighted by molar-refractivity contribution is 5.83. The molecule has 1 aromatic carbocycles. The molecule has 1 saturated heterocycles. The van der Waals surface area contributed by atoms with E-state index in [0.29, 0.717) is 0 Å². The minimum Gasteiger partial charge on any atom is -0.390 e. The third kappa shape index (κ3) is 4.98. The fraction of sp³-hybridized carbons (Fsp3) is 0.474. The lowest BCUT2D eigenvalue weighted by atomic mass is 10.2. The van der Waals surface area contributed by atoms with Crippen LogP contribution < -0.4 is 16.0 Å². The predicted molar refractivity (Wildman–Crippen MR) is 112 cm³/mol. The molecule has 2 aliphatic heterocycles. The van der Waals surface area contributed by atoms with Gasteiger partial charge in [-0.05, 0) is 31.3 Å². The van der Waals surface area contributed by atoms with Crippen molar-refractivity contribution in [2.45, 2.75) is 20.0 Å². The van der Waals surface area contributed by atoms with Crippen molar-refractivity contribution in [3.05, 3.63) is 36.0 Å². The second-order valence-corrected chi connectivity index (χ2v) is 6.13. The SMILES string of the molecule is CC.CN1CCN(c2ccc(NC3/C(=C\N=CN)C=NN3C)cc2)CC1. The number of likely N-dealkylation sites (N-methyl/N-ethyl adjacent to an activating group) is 2. The van der Waals surface area contributed by atoms with Crippen LogP contribution >= 0.6 is 0 Å². The van der Waals surface area contributed by atoms with Gasteiger partial charge in [-0.3, -0.25) is 5.01 Å². The number of rotatable bonds is 4. The Labute approximate surface area is 156 Å². The summed E-state index contributed by atoms with van der Waals surface area (Å²) in [5.74, 6) is 0. The average Bonchev–Trinajstić information content (AvgIpc) is 3.03. The summed E-state index contributed by atoms with van der Waals surface area (Å²) in [7, 11) is 4.10. The van der Waals surface area contributed by atoms with Crippen LogP contribution in [0.3, 0.4) is 0 Å². The van der Waals surface area contributed by atoms with E-state index in [1.54, 1.807) is 12.4 Å². The molecule has 1 atom stereocenters. The minimum atomic E-state index is -0.0387. The maximum absolute atomic E-state index is 5.31. The predicted octanol–water partition coefficient (Wildman–Crippen LogP) is 2.00. The van der Waals surface area contributed by atoms with Gasteiger partial charge in [0.2, 0.25) is 0 Å². The van der Waals surface area contributed by atoms with Crippen LogP contribution in [0.4, 0.5) is 11.4 Å². The van der Waals surface area contributed by atoms with Crippen molar-refractivity contribution < 1.29 is 0 Å². The van der Waals surface area contributed by atoms with Gasteiger partial charge in [0.1, 0.15) is 6.17 Å². The van der Waals surface area contributed by atoms with Crippen LogP contribution in [0.15, 0.2) is 46.1 Å². The zero-order valence-corrected chi connectivity index (χ0v) is 16.3. The number of hydrogen-bond acceptors (Lipinski definition) is 6. The Kier molecular flexibility index (Phi) is 7.47. The number of hydrogen-bond donors (Lipinski definition) is 2. The molecule has 1 unspecified atom stereocenters. The van der Waals surface area contributed by atoms with Crippen LogP contribution in [0.1, 0.15) is 13.8 Å². The Morgan fingerprint density at radius 2 is 1.77 bits per heavy atom. The van der Waals surface area contributed by atoms with Crippen molar-refractivity contribution in [3.8, 4) is 0 Å². The largest absolute Gasteiger partial charge is 0.390 e. The van der Waals surface area contributed by atoms with Crippen LogP contribution in [0.5, 0.6) is 0 Å². The molecule has 0 amide bonds. The molecule has 0 aromatic heterocycles. The Bertz CT molecular complexity index is 628. The summed E-state index contributed by atoms with van der Waals surface area (Å²) >= 11 is 0. The van der Waals surface area contributed by atoms with Gasteiger partial charge >= 0.3 is 0 Å². The Balaban J connectivity index is 0.00000117. The normalized spacial score (nSPS) is 22.0. The summed E-state index contributed by atoms with van der Waals surface area (Å²) in [6.45, 7) is 8.37. The van der Waals surface area contributed by atoms with E-state index in [0.717, 1.165) is 37.4 Å². The van der Waals surface area contributed by atoms with Crippen molar-refractivity contribution in [1.29, 1.82) is 0 Å². The van der Waals surface area contributed by atoms with Crippen molar-refractivity contribution in [3.63, 3.8) is 0 Å². The number of nitrogens with one attached hydrogen (secondary N) is 1. The van der Waals surface area contributed by atoms with Gasteiger partial charge in [0.15, 0.2) is 0 Å². The average molecular weight is 358 g/mol. The first-order valence-electron chi connectivity index (χ1n) is 9.18. The number of hydrazone groups is 1. The maximum Gasteiger partial charge on any atom is 0.144 e. The Morgan fingerprint density at radius 1 is 1.12 bits per heavy atom. The van der Waals surface area contributed by atoms with Gasteiger partial charge < -0.3 is 20.9 Å².